The van der Waals surface area contributed by atoms with Gasteiger partial charge in [-0.2, -0.15) is 0 Å². The number of hydrogen-bond acceptors (Lipinski definition) is 3. The van der Waals surface area contributed by atoms with E-state index in [-0.39, 0.29) is 5.82 Å². The largest absolute Gasteiger partial charge is 0.397 e. The summed E-state index contributed by atoms with van der Waals surface area (Å²) in [4.78, 5) is 4.29. The van der Waals surface area contributed by atoms with Gasteiger partial charge in [0.05, 0.1) is 11.4 Å². The zero-order valence-corrected chi connectivity index (χ0v) is 11.2. The van der Waals surface area contributed by atoms with E-state index in [4.69, 9.17) is 5.73 Å². The van der Waals surface area contributed by atoms with E-state index in [0.717, 1.165) is 13.1 Å². The Morgan fingerprint density at radius 3 is 2.94 bits per heavy atom. The lowest BCUT2D eigenvalue weighted by Crippen LogP contribution is -2.38. The van der Waals surface area contributed by atoms with Crippen molar-refractivity contribution in [3.63, 3.8) is 0 Å². The number of benzene rings is 1. The number of hydrogen-bond donors (Lipinski definition) is 1. The van der Waals surface area contributed by atoms with Gasteiger partial charge in [0, 0.05) is 20.1 Å². The highest BCUT2D eigenvalue weighted by Gasteiger charge is 2.20. The van der Waals surface area contributed by atoms with E-state index in [1.54, 1.807) is 12.1 Å². The Morgan fingerprint density at radius 2 is 2.28 bits per heavy atom. The van der Waals surface area contributed by atoms with Crippen LogP contribution in [0.1, 0.15) is 12.8 Å². The van der Waals surface area contributed by atoms with Crippen LogP contribution < -0.4 is 10.6 Å². The van der Waals surface area contributed by atoms with Crippen molar-refractivity contribution in [1.29, 1.82) is 0 Å². The normalized spacial score (nSPS) is 20.9. The molecule has 1 aromatic rings. The predicted molar refractivity (Wildman–Crippen MR) is 74.3 cm³/mol. The molecular weight excluding hydrogens is 229 g/mol. The summed E-state index contributed by atoms with van der Waals surface area (Å²) in [6.45, 7) is 3.11. The van der Waals surface area contributed by atoms with Crippen molar-refractivity contribution in [1.82, 2.24) is 4.90 Å². The van der Waals surface area contributed by atoms with Crippen LogP contribution in [-0.4, -0.2) is 38.6 Å². The van der Waals surface area contributed by atoms with Crippen LogP contribution in [0.25, 0.3) is 0 Å². The Bertz CT molecular complexity index is 388. The third-order valence-corrected chi connectivity index (χ3v) is 3.65. The van der Waals surface area contributed by atoms with E-state index in [2.05, 4.69) is 11.9 Å². The molecule has 1 unspecified atom stereocenters. The van der Waals surface area contributed by atoms with E-state index in [9.17, 15) is 4.39 Å². The Morgan fingerprint density at radius 1 is 1.50 bits per heavy atom. The van der Waals surface area contributed by atoms with Gasteiger partial charge in [0.25, 0.3) is 0 Å². The van der Waals surface area contributed by atoms with Crippen LogP contribution in [0.15, 0.2) is 18.2 Å². The first-order valence-electron chi connectivity index (χ1n) is 6.51. The van der Waals surface area contributed by atoms with Gasteiger partial charge in [0.1, 0.15) is 5.82 Å². The minimum absolute atomic E-state index is 0.235. The minimum atomic E-state index is -0.235. The van der Waals surface area contributed by atoms with Crippen LogP contribution >= 0.6 is 0 Å². The maximum absolute atomic E-state index is 13.8. The van der Waals surface area contributed by atoms with E-state index in [1.807, 2.05) is 11.9 Å². The van der Waals surface area contributed by atoms with Crippen LogP contribution in [0.5, 0.6) is 0 Å². The molecule has 2 N–H and O–H groups in total. The third-order valence-electron chi connectivity index (χ3n) is 3.65. The van der Waals surface area contributed by atoms with Crippen molar-refractivity contribution in [3.8, 4) is 0 Å². The molecule has 0 spiro atoms. The Hall–Kier alpha value is -1.29. The number of nitrogens with zero attached hydrogens (tertiary/aromatic N) is 2. The highest BCUT2D eigenvalue weighted by atomic mass is 19.1. The summed E-state index contributed by atoms with van der Waals surface area (Å²) in [5.41, 5.74) is 6.91. The van der Waals surface area contributed by atoms with Gasteiger partial charge in [0.15, 0.2) is 0 Å². The van der Waals surface area contributed by atoms with Gasteiger partial charge < -0.3 is 15.5 Å². The third kappa shape index (κ3) is 2.93. The lowest BCUT2D eigenvalue weighted by atomic mass is 9.98. The quantitative estimate of drug-likeness (QED) is 0.836. The zero-order valence-electron chi connectivity index (χ0n) is 11.2. The maximum Gasteiger partial charge on any atom is 0.148 e. The molecule has 1 aromatic carbocycles. The van der Waals surface area contributed by atoms with Crippen LogP contribution in [-0.2, 0) is 0 Å². The fourth-order valence-electron chi connectivity index (χ4n) is 2.84. The second-order valence-corrected chi connectivity index (χ2v) is 5.33. The molecule has 100 valence electrons. The van der Waals surface area contributed by atoms with Crippen molar-refractivity contribution >= 4 is 11.4 Å². The predicted octanol–water partition coefficient (Wildman–Crippen LogP) is 2.19. The van der Waals surface area contributed by atoms with Crippen molar-refractivity contribution in [3.05, 3.63) is 24.0 Å². The molecule has 0 aliphatic carbocycles. The summed E-state index contributed by atoms with van der Waals surface area (Å²) < 4.78 is 13.8. The van der Waals surface area contributed by atoms with Gasteiger partial charge in [-0.3, -0.25) is 0 Å². The Balaban J connectivity index is 2.05. The zero-order chi connectivity index (χ0) is 13.1. The average Bonchev–Trinajstić information content (AvgIpc) is 2.28. The molecule has 18 heavy (non-hydrogen) atoms. The van der Waals surface area contributed by atoms with Crippen LogP contribution in [0.3, 0.4) is 0 Å². The van der Waals surface area contributed by atoms with Crippen molar-refractivity contribution < 1.29 is 4.39 Å². The summed E-state index contributed by atoms with van der Waals surface area (Å²) in [5.74, 6) is 0.356. The fourth-order valence-corrected chi connectivity index (χ4v) is 2.84. The highest BCUT2D eigenvalue weighted by Crippen LogP contribution is 2.27. The Labute approximate surface area is 108 Å². The first-order valence-corrected chi connectivity index (χ1v) is 6.51. The molecule has 1 heterocycles. The second kappa shape index (κ2) is 5.57. The molecule has 1 saturated heterocycles. The molecule has 4 heteroatoms. The minimum Gasteiger partial charge on any atom is -0.397 e. The number of likely N-dealkylation sites (tertiary alicyclic amines) is 1. The molecule has 0 amide bonds. The molecule has 3 nitrogen and oxygen atoms in total. The van der Waals surface area contributed by atoms with E-state index < -0.39 is 0 Å². The van der Waals surface area contributed by atoms with Gasteiger partial charge in [-0.05, 0) is 44.5 Å². The van der Waals surface area contributed by atoms with Crippen LogP contribution in [0, 0.1) is 11.7 Å². The van der Waals surface area contributed by atoms with Crippen molar-refractivity contribution in [2.24, 2.45) is 5.92 Å². The van der Waals surface area contributed by atoms with Gasteiger partial charge >= 0.3 is 0 Å². The molecular formula is C14H22FN3. The number of para-hydroxylation sites is 1. The number of nitrogens with two attached hydrogens (primary N) is 1. The number of rotatable bonds is 3. The molecule has 1 aliphatic heterocycles. The van der Waals surface area contributed by atoms with Gasteiger partial charge in [-0.15, -0.1) is 0 Å². The van der Waals surface area contributed by atoms with Gasteiger partial charge in [0.2, 0.25) is 0 Å². The maximum atomic E-state index is 13.8. The smallest absolute Gasteiger partial charge is 0.148 e. The summed E-state index contributed by atoms with van der Waals surface area (Å²) in [6.07, 6.45) is 2.44. The molecule has 1 aliphatic rings. The van der Waals surface area contributed by atoms with E-state index >= 15 is 0 Å². The molecule has 0 aromatic heterocycles. The van der Waals surface area contributed by atoms with Gasteiger partial charge in [-0.1, -0.05) is 6.07 Å². The van der Waals surface area contributed by atoms with Crippen LogP contribution in [0.4, 0.5) is 15.8 Å². The summed E-state index contributed by atoms with van der Waals surface area (Å²) >= 11 is 0. The number of piperidine rings is 1. The SMILES string of the molecule is CN1CCCC(CN(C)c2c(N)cccc2F)C1. The summed E-state index contributed by atoms with van der Waals surface area (Å²) in [7, 11) is 4.06. The fraction of sp³-hybridized carbons (Fsp3) is 0.571. The summed E-state index contributed by atoms with van der Waals surface area (Å²) in [5, 5.41) is 0. The number of halogens is 1. The lowest BCUT2D eigenvalue weighted by Gasteiger charge is -2.33. The van der Waals surface area contributed by atoms with Gasteiger partial charge in [-0.25, -0.2) is 4.39 Å². The summed E-state index contributed by atoms with van der Waals surface area (Å²) in [6, 6.07) is 4.87. The van der Waals surface area contributed by atoms with E-state index in [0.29, 0.717) is 17.3 Å². The first-order chi connectivity index (χ1) is 8.58. The molecule has 0 radical (unpaired) electrons. The molecule has 0 bridgehead atoms. The Kier molecular flexibility index (Phi) is 4.07. The standard InChI is InChI=1S/C14H22FN3/c1-17-8-4-5-11(9-17)10-18(2)14-12(15)6-3-7-13(14)16/h3,6-7,11H,4-5,8-10,16H2,1-2H3. The highest BCUT2D eigenvalue weighted by molar-refractivity contribution is 5.67. The topological polar surface area (TPSA) is 32.5 Å². The first kappa shape index (κ1) is 13.1. The number of anilines is 2. The molecule has 1 fully saturated rings. The van der Waals surface area contributed by atoms with Crippen molar-refractivity contribution in [2.75, 3.05) is 44.4 Å². The van der Waals surface area contributed by atoms with E-state index in [1.165, 1.54) is 25.5 Å². The molecule has 2 rings (SSSR count). The lowest BCUT2D eigenvalue weighted by molar-refractivity contribution is 0.213. The monoisotopic (exact) mass is 251 g/mol. The van der Waals surface area contributed by atoms with Crippen LogP contribution in [0.2, 0.25) is 0 Å². The van der Waals surface area contributed by atoms with Crippen molar-refractivity contribution in [2.45, 2.75) is 12.8 Å². The second-order valence-electron chi connectivity index (χ2n) is 5.33. The molecule has 1 atom stereocenters. The molecule has 0 saturated carbocycles. The number of nitrogen functional groups attached to an aromatic ring is 1. The average molecular weight is 251 g/mol.